The zero-order chi connectivity index (χ0) is 14.1. The molecule has 0 aliphatic heterocycles. The largest absolute Gasteiger partial charge is 0.455 e. The molecule has 19 heavy (non-hydrogen) atoms. The van der Waals surface area contributed by atoms with E-state index in [1.807, 2.05) is 6.92 Å². The zero-order valence-corrected chi connectivity index (χ0v) is 11.1. The number of aliphatic hydroxyl groups is 3. The van der Waals surface area contributed by atoms with Gasteiger partial charge in [-0.25, -0.2) is 4.79 Å². The predicted molar refractivity (Wildman–Crippen MR) is 66.1 cm³/mol. The van der Waals surface area contributed by atoms with Gasteiger partial charge in [0.2, 0.25) is 0 Å². The minimum atomic E-state index is -1.18. The lowest BCUT2D eigenvalue weighted by Crippen LogP contribution is -2.76. The van der Waals surface area contributed by atoms with Gasteiger partial charge < -0.3 is 20.1 Å². The Labute approximate surface area is 111 Å². The van der Waals surface area contributed by atoms with Crippen molar-refractivity contribution < 1.29 is 24.9 Å². The van der Waals surface area contributed by atoms with Crippen molar-refractivity contribution >= 4 is 5.97 Å². The van der Waals surface area contributed by atoms with Gasteiger partial charge in [0.25, 0.3) is 0 Å². The molecule has 4 rings (SSSR count). The van der Waals surface area contributed by atoms with Gasteiger partial charge in [-0.05, 0) is 0 Å². The Morgan fingerprint density at radius 1 is 1.16 bits per heavy atom. The number of carbonyl (C=O) groups excluding carboxylic acids is 1. The van der Waals surface area contributed by atoms with Crippen molar-refractivity contribution in [1.29, 1.82) is 0 Å². The molecule has 4 fully saturated rings. The predicted octanol–water partition coefficient (Wildman–Crippen LogP) is 0.275. The highest BCUT2D eigenvalue weighted by Crippen LogP contribution is 2.64. The molecular weight excluding hydrogens is 248 g/mol. The third-order valence-corrected chi connectivity index (χ3v) is 5.25. The van der Waals surface area contributed by atoms with E-state index in [1.165, 1.54) is 0 Å². The first-order valence-electron chi connectivity index (χ1n) is 6.67. The normalized spacial score (nSPS) is 55.1. The number of hydrogen-bond donors (Lipinski definition) is 3. The number of ether oxygens (including phenoxy) is 1. The Morgan fingerprint density at radius 2 is 1.68 bits per heavy atom. The van der Waals surface area contributed by atoms with E-state index in [4.69, 9.17) is 4.74 Å². The quantitative estimate of drug-likeness (QED) is 0.494. The van der Waals surface area contributed by atoms with Crippen LogP contribution in [-0.2, 0) is 9.53 Å². The molecular formula is C14H20O5. The molecule has 0 aromatic rings. The van der Waals surface area contributed by atoms with Crippen LogP contribution in [0.3, 0.4) is 0 Å². The summed E-state index contributed by atoms with van der Waals surface area (Å²) in [5, 5.41) is 31.8. The summed E-state index contributed by atoms with van der Waals surface area (Å²) in [7, 11) is 0. The molecule has 5 nitrogen and oxygen atoms in total. The van der Waals surface area contributed by atoms with E-state index in [2.05, 4.69) is 6.58 Å². The topological polar surface area (TPSA) is 87.0 Å². The average Bonchev–Trinajstić information content (AvgIpc) is 2.21. The molecule has 0 radical (unpaired) electrons. The van der Waals surface area contributed by atoms with E-state index in [1.54, 1.807) is 0 Å². The maximum Gasteiger partial charge on any atom is 0.330 e. The van der Waals surface area contributed by atoms with Crippen LogP contribution in [0.4, 0.5) is 0 Å². The number of carbonyl (C=O) groups is 1. The summed E-state index contributed by atoms with van der Waals surface area (Å²) in [5.41, 5.74) is -4.50. The van der Waals surface area contributed by atoms with Gasteiger partial charge >= 0.3 is 5.97 Å². The molecule has 4 aliphatic carbocycles. The Balaban J connectivity index is 2.05. The molecule has 5 heteroatoms. The Kier molecular flexibility index (Phi) is 2.34. The molecule has 106 valence electrons. The lowest BCUT2D eigenvalue weighted by atomic mass is 9.45. The lowest BCUT2D eigenvalue weighted by molar-refractivity contribution is -0.324. The third-order valence-electron chi connectivity index (χ3n) is 5.25. The van der Waals surface area contributed by atoms with Crippen molar-refractivity contribution in [2.24, 2.45) is 5.92 Å². The van der Waals surface area contributed by atoms with Gasteiger partial charge in [-0.3, -0.25) is 0 Å². The molecule has 3 atom stereocenters. The van der Waals surface area contributed by atoms with Crippen molar-refractivity contribution in [2.75, 3.05) is 0 Å². The second kappa shape index (κ2) is 3.40. The van der Waals surface area contributed by atoms with Crippen LogP contribution >= 0.6 is 0 Å². The summed E-state index contributed by atoms with van der Waals surface area (Å²) < 4.78 is 5.47. The second-order valence-electron chi connectivity index (χ2n) is 6.85. The van der Waals surface area contributed by atoms with Crippen LogP contribution in [0.2, 0.25) is 0 Å². The van der Waals surface area contributed by atoms with Gasteiger partial charge in [0.1, 0.15) is 5.60 Å². The molecule has 4 bridgehead atoms. The van der Waals surface area contributed by atoms with Crippen LogP contribution in [0, 0.1) is 5.92 Å². The second-order valence-corrected chi connectivity index (χ2v) is 6.85. The molecule has 3 unspecified atom stereocenters. The van der Waals surface area contributed by atoms with Gasteiger partial charge in [0, 0.05) is 44.1 Å². The fourth-order valence-corrected chi connectivity index (χ4v) is 4.87. The summed E-state index contributed by atoms with van der Waals surface area (Å²) in [6.07, 6.45) is 2.32. The van der Waals surface area contributed by atoms with Crippen LogP contribution in [0.15, 0.2) is 12.7 Å². The highest BCUT2D eigenvalue weighted by Gasteiger charge is 2.72. The van der Waals surface area contributed by atoms with Crippen molar-refractivity contribution in [3.05, 3.63) is 12.7 Å². The third kappa shape index (κ3) is 1.68. The fourth-order valence-electron chi connectivity index (χ4n) is 4.87. The Bertz CT molecular complexity index is 439. The SMILES string of the molecule is C=CC(=O)OC12CC3(O)CC(O)(CC(O)(C3)C1C)C2. The summed E-state index contributed by atoms with van der Waals surface area (Å²) in [4.78, 5) is 11.6. The average molecular weight is 268 g/mol. The molecule has 3 N–H and O–H groups in total. The molecule has 4 aliphatic rings. The van der Waals surface area contributed by atoms with Crippen LogP contribution in [0.5, 0.6) is 0 Å². The van der Waals surface area contributed by atoms with Crippen molar-refractivity contribution in [3.8, 4) is 0 Å². The van der Waals surface area contributed by atoms with Crippen LogP contribution in [0.1, 0.15) is 39.0 Å². The van der Waals surface area contributed by atoms with Crippen molar-refractivity contribution in [3.63, 3.8) is 0 Å². The van der Waals surface area contributed by atoms with E-state index < -0.39 is 28.4 Å². The van der Waals surface area contributed by atoms with Crippen molar-refractivity contribution in [1.82, 2.24) is 0 Å². The Morgan fingerprint density at radius 3 is 2.16 bits per heavy atom. The maximum absolute atomic E-state index is 11.6. The zero-order valence-electron chi connectivity index (χ0n) is 11.1. The minimum Gasteiger partial charge on any atom is -0.455 e. The molecule has 0 aromatic heterocycles. The summed E-state index contributed by atoms with van der Waals surface area (Å²) in [6, 6.07) is 0. The first kappa shape index (κ1) is 13.1. The maximum atomic E-state index is 11.6. The highest BCUT2D eigenvalue weighted by molar-refractivity contribution is 5.81. The van der Waals surface area contributed by atoms with Gasteiger partial charge in [-0.15, -0.1) is 0 Å². The monoisotopic (exact) mass is 268 g/mol. The van der Waals surface area contributed by atoms with Crippen LogP contribution in [0.25, 0.3) is 0 Å². The number of rotatable bonds is 2. The van der Waals surface area contributed by atoms with Gasteiger partial charge in [0.15, 0.2) is 0 Å². The summed E-state index contributed by atoms with van der Waals surface area (Å²) in [5.74, 6) is -0.894. The van der Waals surface area contributed by atoms with E-state index in [0.29, 0.717) is 0 Å². The van der Waals surface area contributed by atoms with Gasteiger partial charge in [-0.1, -0.05) is 13.5 Å². The summed E-state index contributed by atoms with van der Waals surface area (Å²) in [6.45, 7) is 5.19. The molecule has 0 aromatic carbocycles. The lowest BCUT2D eigenvalue weighted by Gasteiger charge is -2.67. The standard InChI is InChI=1S/C14H20O5/c1-3-10(15)19-14-7-11(16)4-12(17,8-14)6-13(18,5-11)9(14)2/h3,9,16-18H,1,4-8H2,2H3. The smallest absolute Gasteiger partial charge is 0.330 e. The molecule has 4 saturated carbocycles. The minimum absolute atomic E-state index is 0.233. The first-order valence-corrected chi connectivity index (χ1v) is 6.67. The van der Waals surface area contributed by atoms with Crippen LogP contribution < -0.4 is 0 Å². The number of hydrogen-bond acceptors (Lipinski definition) is 5. The van der Waals surface area contributed by atoms with Crippen molar-refractivity contribution in [2.45, 2.75) is 61.4 Å². The molecule has 0 amide bonds. The molecule has 0 heterocycles. The van der Waals surface area contributed by atoms with E-state index >= 15 is 0 Å². The van der Waals surface area contributed by atoms with Gasteiger partial charge in [-0.2, -0.15) is 0 Å². The van der Waals surface area contributed by atoms with Gasteiger partial charge in [0.05, 0.1) is 16.8 Å². The fraction of sp³-hybridized carbons (Fsp3) is 0.786. The van der Waals surface area contributed by atoms with E-state index in [0.717, 1.165) is 6.08 Å². The van der Waals surface area contributed by atoms with E-state index in [-0.39, 0.29) is 38.0 Å². The molecule has 0 saturated heterocycles. The Hall–Kier alpha value is -0.910. The first-order chi connectivity index (χ1) is 8.64. The van der Waals surface area contributed by atoms with Crippen LogP contribution in [-0.4, -0.2) is 43.7 Å². The van der Waals surface area contributed by atoms with E-state index in [9.17, 15) is 20.1 Å². The highest BCUT2D eigenvalue weighted by atomic mass is 16.6. The molecule has 0 spiro atoms. The summed E-state index contributed by atoms with van der Waals surface area (Å²) >= 11 is 0. The number of esters is 1.